The number of aliphatic carboxylic acids is 3. The van der Waals surface area contributed by atoms with E-state index in [-0.39, 0.29) is 0 Å². The van der Waals surface area contributed by atoms with Gasteiger partial charge in [0, 0.05) is 5.69 Å². The fourth-order valence-corrected chi connectivity index (χ4v) is 2.62. The minimum absolute atomic E-state index is 0.884. The molecule has 0 fully saturated rings. The van der Waals surface area contributed by atoms with Crippen molar-refractivity contribution in [3.05, 3.63) is 64.7 Å². The molecule has 0 heterocycles. The minimum Gasteiger partial charge on any atom is -0.481 e. The van der Waals surface area contributed by atoms with E-state index < -0.39 is 36.4 Å². The lowest BCUT2D eigenvalue weighted by Crippen LogP contribution is -2.42. The second-order valence-electron chi connectivity index (χ2n) is 6.70. The van der Waals surface area contributed by atoms with Crippen LogP contribution in [0.2, 0.25) is 0 Å². The molecule has 0 unspecified atom stereocenters. The molecule has 0 saturated heterocycles. The summed E-state index contributed by atoms with van der Waals surface area (Å²) in [5.74, 6) is -5.02. The number of aliphatic hydroxyl groups is 1. The molecule has 0 radical (unpaired) electrons. The maximum Gasteiger partial charge on any atom is 0.336 e. The highest BCUT2D eigenvalue weighted by molar-refractivity contribution is 5.88. The molecule has 0 spiro atoms. The molecule has 0 aliphatic carbocycles. The lowest BCUT2D eigenvalue weighted by atomic mass is 9.96. The van der Waals surface area contributed by atoms with E-state index in [9.17, 15) is 14.4 Å². The zero-order valence-electron chi connectivity index (χ0n) is 16.3. The Kier molecular flexibility index (Phi) is 8.35. The Bertz CT molecular complexity index is 862. The van der Waals surface area contributed by atoms with Crippen LogP contribution >= 0.6 is 0 Å². The van der Waals surface area contributed by atoms with Gasteiger partial charge in [-0.15, -0.1) is 0 Å². The fraction of sp³-hybridized carbons (Fsp3) is 0.286. The highest BCUT2D eigenvalue weighted by Gasteiger charge is 2.40. The Hall–Kier alpha value is -3.39. The topological polar surface area (TPSA) is 158 Å². The molecule has 0 atom stereocenters. The number of carboxylic acids is 3. The normalized spacial score (nSPS) is 10.6. The first-order chi connectivity index (χ1) is 13.5. The maximum atomic E-state index is 10.3. The monoisotopic (exact) mass is 403 g/mol. The van der Waals surface area contributed by atoms with Gasteiger partial charge in [0.1, 0.15) is 0 Å². The number of nitrogens with two attached hydrogens (primary N) is 1. The van der Waals surface area contributed by atoms with Crippen molar-refractivity contribution < 1.29 is 34.8 Å². The van der Waals surface area contributed by atoms with Crippen LogP contribution in [0.25, 0.3) is 0 Å². The van der Waals surface area contributed by atoms with Crippen LogP contribution in [0, 0.1) is 13.8 Å². The van der Waals surface area contributed by atoms with E-state index in [1.54, 1.807) is 0 Å². The summed E-state index contributed by atoms with van der Waals surface area (Å²) >= 11 is 0. The predicted octanol–water partition coefficient (Wildman–Crippen LogP) is 2.23. The van der Waals surface area contributed by atoms with Crippen LogP contribution in [0.4, 0.5) is 5.69 Å². The standard InChI is InChI=1S/C15H17N.C6H8O7/c1-11-12(2)15(16)9-8-14(11)10-13-6-4-3-5-7-13;7-3(8)1-6(13,5(11)12)2-4(9)10/h3-9H,10,16H2,1-2H3;13H,1-2H2,(H,7,8)(H,9,10)(H,11,12). The van der Waals surface area contributed by atoms with E-state index in [0.717, 1.165) is 12.1 Å². The summed E-state index contributed by atoms with van der Waals surface area (Å²) in [5.41, 5.74) is 9.24. The third-order valence-corrected chi connectivity index (χ3v) is 4.46. The Morgan fingerprint density at radius 2 is 1.38 bits per heavy atom. The number of hydrogen-bond donors (Lipinski definition) is 5. The third kappa shape index (κ3) is 7.27. The molecule has 0 aromatic heterocycles. The van der Waals surface area contributed by atoms with E-state index in [4.69, 9.17) is 26.2 Å². The Morgan fingerprint density at radius 3 is 1.83 bits per heavy atom. The molecule has 0 amide bonds. The summed E-state index contributed by atoms with van der Waals surface area (Å²) in [7, 11) is 0. The molecule has 0 bridgehead atoms. The average Bonchev–Trinajstić information content (AvgIpc) is 2.62. The maximum absolute atomic E-state index is 10.3. The smallest absolute Gasteiger partial charge is 0.336 e. The summed E-state index contributed by atoms with van der Waals surface area (Å²) in [6.07, 6.45) is -1.31. The minimum atomic E-state index is -2.74. The number of benzene rings is 2. The lowest BCUT2D eigenvalue weighted by molar-refractivity contribution is -0.170. The molecule has 0 aliphatic heterocycles. The van der Waals surface area contributed by atoms with Gasteiger partial charge in [0.25, 0.3) is 0 Å². The van der Waals surface area contributed by atoms with Crippen LogP contribution in [-0.4, -0.2) is 43.9 Å². The Morgan fingerprint density at radius 1 is 0.862 bits per heavy atom. The van der Waals surface area contributed by atoms with Crippen LogP contribution in [0.1, 0.15) is 35.1 Å². The highest BCUT2D eigenvalue weighted by atomic mass is 16.4. The molecule has 2 aromatic carbocycles. The molecule has 2 rings (SSSR count). The molecule has 6 N–H and O–H groups in total. The number of rotatable bonds is 7. The van der Waals surface area contributed by atoms with Gasteiger partial charge in [0.05, 0.1) is 12.8 Å². The molecule has 0 saturated carbocycles. The summed E-state index contributed by atoms with van der Waals surface area (Å²) in [6.45, 7) is 4.23. The first-order valence-corrected chi connectivity index (χ1v) is 8.74. The molecule has 8 nitrogen and oxygen atoms in total. The average molecular weight is 403 g/mol. The van der Waals surface area contributed by atoms with Crippen molar-refractivity contribution >= 4 is 23.6 Å². The van der Waals surface area contributed by atoms with Crippen molar-refractivity contribution in [2.75, 3.05) is 5.73 Å². The van der Waals surface area contributed by atoms with Gasteiger partial charge in [-0.3, -0.25) is 9.59 Å². The SMILES string of the molecule is Cc1c(N)ccc(Cc2ccccc2)c1C.O=C(O)CC(O)(CC(=O)O)C(=O)O. The van der Waals surface area contributed by atoms with Crippen LogP contribution in [0.5, 0.6) is 0 Å². The van der Waals surface area contributed by atoms with Crippen LogP contribution in [0.3, 0.4) is 0 Å². The quantitative estimate of drug-likeness (QED) is 0.440. The second kappa shape index (κ2) is 10.2. The van der Waals surface area contributed by atoms with E-state index >= 15 is 0 Å². The van der Waals surface area contributed by atoms with Gasteiger partial charge < -0.3 is 26.2 Å². The van der Waals surface area contributed by atoms with Gasteiger partial charge in [-0.05, 0) is 48.6 Å². The van der Waals surface area contributed by atoms with Crippen LogP contribution in [0.15, 0.2) is 42.5 Å². The van der Waals surface area contributed by atoms with Crippen LogP contribution < -0.4 is 5.73 Å². The number of nitrogen functional groups attached to an aromatic ring is 1. The molecule has 29 heavy (non-hydrogen) atoms. The Balaban J connectivity index is 0.000000298. The first kappa shape index (κ1) is 23.6. The van der Waals surface area contributed by atoms with Gasteiger partial charge in [-0.1, -0.05) is 36.4 Å². The van der Waals surface area contributed by atoms with E-state index in [1.807, 2.05) is 12.1 Å². The molecular formula is C21H25NO7. The van der Waals surface area contributed by atoms with Gasteiger partial charge in [0.15, 0.2) is 5.60 Å². The largest absolute Gasteiger partial charge is 0.481 e. The predicted molar refractivity (Wildman–Crippen MR) is 107 cm³/mol. The highest BCUT2D eigenvalue weighted by Crippen LogP contribution is 2.21. The number of carboxylic acid groups (broad SMARTS) is 3. The second-order valence-corrected chi connectivity index (χ2v) is 6.70. The van der Waals surface area contributed by atoms with Crippen molar-refractivity contribution in [2.45, 2.75) is 38.7 Å². The van der Waals surface area contributed by atoms with Crippen LogP contribution in [-0.2, 0) is 20.8 Å². The van der Waals surface area contributed by atoms with E-state index in [2.05, 4.69) is 44.2 Å². The van der Waals surface area contributed by atoms with Crippen molar-refractivity contribution in [1.82, 2.24) is 0 Å². The molecule has 0 aliphatic rings. The molecule has 156 valence electrons. The van der Waals surface area contributed by atoms with Gasteiger partial charge >= 0.3 is 17.9 Å². The zero-order valence-corrected chi connectivity index (χ0v) is 16.3. The zero-order chi connectivity index (χ0) is 22.2. The number of carbonyl (C=O) groups is 3. The molecule has 2 aromatic rings. The molecule has 8 heteroatoms. The summed E-state index contributed by atoms with van der Waals surface area (Å²) in [6, 6.07) is 14.6. The van der Waals surface area contributed by atoms with Gasteiger partial charge in [-0.2, -0.15) is 0 Å². The van der Waals surface area contributed by atoms with Gasteiger partial charge in [-0.25, -0.2) is 4.79 Å². The van der Waals surface area contributed by atoms with Crippen molar-refractivity contribution in [1.29, 1.82) is 0 Å². The molecular weight excluding hydrogens is 378 g/mol. The lowest BCUT2D eigenvalue weighted by Gasteiger charge is -2.18. The summed E-state index contributed by atoms with van der Waals surface area (Å²) < 4.78 is 0. The van der Waals surface area contributed by atoms with Crippen molar-refractivity contribution in [2.24, 2.45) is 0 Å². The first-order valence-electron chi connectivity index (χ1n) is 8.74. The summed E-state index contributed by atoms with van der Waals surface area (Å²) in [4.78, 5) is 30.5. The van der Waals surface area contributed by atoms with E-state index in [0.29, 0.717) is 0 Å². The van der Waals surface area contributed by atoms with Crippen molar-refractivity contribution in [3.63, 3.8) is 0 Å². The third-order valence-electron chi connectivity index (χ3n) is 4.46. The number of hydrogen-bond acceptors (Lipinski definition) is 5. The summed E-state index contributed by atoms with van der Waals surface area (Å²) in [5, 5.41) is 33.8. The number of anilines is 1. The van der Waals surface area contributed by atoms with Gasteiger partial charge in [0.2, 0.25) is 0 Å². The Labute approximate surface area is 168 Å². The fourth-order valence-electron chi connectivity index (χ4n) is 2.62. The van der Waals surface area contributed by atoms with E-state index in [1.165, 1.54) is 22.3 Å². The van der Waals surface area contributed by atoms with Crippen molar-refractivity contribution in [3.8, 4) is 0 Å².